The minimum Gasteiger partial charge on any atom is -0.314 e. The maximum Gasteiger partial charge on any atom is 0.00361 e. The summed E-state index contributed by atoms with van der Waals surface area (Å²) in [6.45, 7) is 5.75. The molecule has 1 heteroatoms. The lowest BCUT2D eigenvalue weighted by Crippen LogP contribution is -2.27. The summed E-state index contributed by atoms with van der Waals surface area (Å²) in [6, 6.07) is 0.714. The fourth-order valence-corrected chi connectivity index (χ4v) is 1.98. The SMILES string of the molecule is CCC(C)NCCC1CCCC1. The quantitative estimate of drug-likeness (QED) is 0.667. The van der Waals surface area contributed by atoms with Crippen molar-refractivity contribution >= 4 is 0 Å². The third-order valence-corrected chi connectivity index (χ3v) is 3.13. The molecule has 1 aliphatic carbocycles. The Bertz CT molecular complexity index is 106. The molecule has 0 heterocycles. The summed E-state index contributed by atoms with van der Waals surface area (Å²) < 4.78 is 0. The minimum atomic E-state index is 0.714. The van der Waals surface area contributed by atoms with Crippen LogP contribution >= 0.6 is 0 Å². The van der Waals surface area contributed by atoms with Crippen LogP contribution in [0, 0.1) is 5.92 Å². The van der Waals surface area contributed by atoms with Crippen molar-refractivity contribution in [1.29, 1.82) is 0 Å². The van der Waals surface area contributed by atoms with E-state index in [1.54, 1.807) is 0 Å². The van der Waals surface area contributed by atoms with E-state index < -0.39 is 0 Å². The van der Waals surface area contributed by atoms with Crippen LogP contribution in [-0.2, 0) is 0 Å². The van der Waals surface area contributed by atoms with E-state index in [0.29, 0.717) is 6.04 Å². The van der Waals surface area contributed by atoms with E-state index >= 15 is 0 Å². The first-order valence-electron chi connectivity index (χ1n) is 5.56. The fourth-order valence-electron chi connectivity index (χ4n) is 1.98. The first-order valence-corrected chi connectivity index (χ1v) is 5.56. The predicted octanol–water partition coefficient (Wildman–Crippen LogP) is 2.95. The second kappa shape index (κ2) is 5.58. The second-order valence-electron chi connectivity index (χ2n) is 4.20. The average molecular weight is 169 g/mol. The van der Waals surface area contributed by atoms with Crippen LogP contribution in [0.15, 0.2) is 0 Å². The van der Waals surface area contributed by atoms with Crippen molar-refractivity contribution in [2.75, 3.05) is 6.54 Å². The van der Waals surface area contributed by atoms with Crippen molar-refractivity contribution < 1.29 is 0 Å². The summed E-state index contributed by atoms with van der Waals surface area (Å²) in [5.74, 6) is 1.04. The molecule has 12 heavy (non-hydrogen) atoms. The third-order valence-electron chi connectivity index (χ3n) is 3.13. The largest absolute Gasteiger partial charge is 0.314 e. The first-order chi connectivity index (χ1) is 5.83. The van der Waals surface area contributed by atoms with Gasteiger partial charge in [0.2, 0.25) is 0 Å². The second-order valence-corrected chi connectivity index (χ2v) is 4.20. The molecule has 0 aromatic heterocycles. The molecule has 0 bridgehead atoms. The highest BCUT2D eigenvalue weighted by atomic mass is 14.9. The molecule has 0 aromatic carbocycles. The number of hydrogen-bond acceptors (Lipinski definition) is 1. The van der Waals surface area contributed by atoms with Crippen LogP contribution in [0.4, 0.5) is 0 Å². The van der Waals surface area contributed by atoms with Gasteiger partial charge in [-0.1, -0.05) is 32.6 Å². The Balaban J connectivity index is 1.94. The molecule has 1 atom stereocenters. The topological polar surface area (TPSA) is 12.0 Å². The monoisotopic (exact) mass is 169 g/mol. The van der Waals surface area contributed by atoms with Crippen molar-refractivity contribution in [2.24, 2.45) is 5.92 Å². The molecule has 0 aliphatic heterocycles. The maximum atomic E-state index is 3.56. The Morgan fingerprint density at radius 3 is 2.58 bits per heavy atom. The van der Waals surface area contributed by atoms with E-state index in [1.807, 2.05) is 0 Å². The van der Waals surface area contributed by atoms with Crippen molar-refractivity contribution in [2.45, 2.75) is 58.4 Å². The highest BCUT2D eigenvalue weighted by Gasteiger charge is 2.14. The number of rotatable bonds is 5. The zero-order valence-electron chi connectivity index (χ0n) is 8.60. The van der Waals surface area contributed by atoms with Crippen LogP contribution < -0.4 is 5.32 Å². The van der Waals surface area contributed by atoms with Gasteiger partial charge in [0.25, 0.3) is 0 Å². The fraction of sp³-hybridized carbons (Fsp3) is 1.00. The highest BCUT2D eigenvalue weighted by molar-refractivity contribution is 4.69. The maximum absolute atomic E-state index is 3.56. The van der Waals surface area contributed by atoms with Gasteiger partial charge in [-0.05, 0) is 32.2 Å². The van der Waals surface area contributed by atoms with Crippen molar-refractivity contribution in [3.05, 3.63) is 0 Å². The van der Waals surface area contributed by atoms with Gasteiger partial charge in [0, 0.05) is 6.04 Å². The van der Waals surface area contributed by atoms with Gasteiger partial charge < -0.3 is 5.32 Å². The Morgan fingerprint density at radius 1 is 1.33 bits per heavy atom. The summed E-state index contributed by atoms with van der Waals surface area (Å²) in [5.41, 5.74) is 0. The molecule has 0 saturated heterocycles. The van der Waals surface area contributed by atoms with Crippen molar-refractivity contribution in [1.82, 2.24) is 5.32 Å². The van der Waals surface area contributed by atoms with E-state index in [2.05, 4.69) is 19.2 Å². The Morgan fingerprint density at radius 2 is 2.00 bits per heavy atom. The van der Waals surface area contributed by atoms with Crippen LogP contribution in [-0.4, -0.2) is 12.6 Å². The van der Waals surface area contributed by atoms with E-state index in [0.717, 1.165) is 5.92 Å². The van der Waals surface area contributed by atoms with Crippen LogP contribution in [0.1, 0.15) is 52.4 Å². The van der Waals surface area contributed by atoms with Gasteiger partial charge in [-0.3, -0.25) is 0 Å². The Labute approximate surface area is 76.9 Å². The molecule has 0 aromatic rings. The van der Waals surface area contributed by atoms with Gasteiger partial charge in [-0.2, -0.15) is 0 Å². The van der Waals surface area contributed by atoms with Crippen LogP contribution in [0.2, 0.25) is 0 Å². The lowest BCUT2D eigenvalue weighted by Gasteiger charge is -2.13. The van der Waals surface area contributed by atoms with Crippen LogP contribution in [0.5, 0.6) is 0 Å². The molecule has 1 rings (SSSR count). The molecule has 1 aliphatic rings. The normalized spacial score (nSPS) is 21.5. The third kappa shape index (κ3) is 3.57. The molecule has 1 unspecified atom stereocenters. The van der Waals surface area contributed by atoms with Gasteiger partial charge in [0.15, 0.2) is 0 Å². The lowest BCUT2D eigenvalue weighted by atomic mass is 10.0. The number of hydrogen-bond donors (Lipinski definition) is 1. The van der Waals surface area contributed by atoms with E-state index in [9.17, 15) is 0 Å². The molecular weight excluding hydrogens is 146 g/mol. The molecule has 0 amide bonds. The van der Waals surface area contributed by atoms with Gasteiger partial charge in [-0.25, -0.2) is 0 Å². The Kier molecular flexibility index (Phi) is 4.67. The molecule has 1 N–H and O–H groups in total. The van der Waals surface area contributed by atoms with Gasteiger partial charge >= 0.3 is 0 Å². The van der Waals surface area contributed by atoms with Crippen LogP contribution in [0.3, 0.4) is 0 Å². The summed E-state index contributed by atoms with van der Waals surface area (Å²) in [7, 11) is 0. The number of nitrogens with one attached hydrogen (secondary N) is 1. The first kappa shape index (κ1) is 10.0. The summed E-state index contributed by atoms with van der Waals surface area (Å²) in [6.07, 6.45) is 8.60. The van der Waals surface area contributed by atoms with Gasteiger partial charge in [0.1, 0.15) is 0 Å². The lowest BCUT2D eigenvalue weighted by molar-refractivity contribution is 0.445. The summed E-state index contributed by atoms with van der Waals surface area (Å²) in [5, 5.41) is 3.56. The molecule has 0 radical (unpaired) electrons. The van der Waals surface area contributed by atoms with E-state index in [-0.39, 0.29) is 0 Å². The highest BCUT2D eigenvalue weighted by Crippen LogP contribution is 2.26. The zero-order valence-corrected chi connectivity index (χ0v) is 8.60. The molecular formula is C11H23N. The molecule has 1 nitrogen and oxygen atoms in total. The Hall–Kier alpha value is -0.0400. The average Bonchev–Trinajstić information content (AvgIpc) is 2.57. The summed E-state index contributed by atoms with van der Waals surface area (Å²) in [4.78, 5) is 0. The molecule has 0 spiro atoms. The van der Waals surface area contributed by atoms with E-state index in [1.165, 1.54) is 45.1 Å². The van der Waals surface area contributed by atoms with Crippen molar-refractivity contribution in [3.63, 3.8) is 0 Å². The smallest absolute Gasteiger partial charge is 0.00361 e. The van der Waals surface area contributed by atoms with Gasteiger partial charge in [0.05, 0.1) is 0 Å². The van der Waals surface area contributed by atoms with E-state index in [4.69, 9.17) is 0 Å². The molecule has 1 saturated carbocycles. The van der Waals surface area contributed by atoms with Crippen molar-refractivity contribution in [3.8, 4) is 0 Å². The molecule has 1 fully saturated rings. The zero-order chi connectivity index (χ0) is 8.81. The van der Waals surface area contributed by atoms with Gasteiger partial charge in [-0.15, -0.1) is 0 Å². The van der Waals surface area contributed by atoms with Crippen LogP contribution in [0.25, 0.3) is 0 Å². The molecule has 72 valence electrons. The predicted molar refractivity (Wildman–Crippen MR) is 54.3 cm³/mol. The standard InChI is InChI=1S/C11H23N/c1-3-10(2)12-9-8-11-6-4-5-7-11/h10-12H,3-9H2,1-2H3. The minimum absolute atomic E-state index is 0.714. The summed E-state index contributed by atoms with van der Waals surface area (Å²) >= 11 is 0.